The highest BCUT2D eigenvalue weighted by Gasteiger charge is 2.51. The zero-order chi connectivity index (χ0) is 61.6. The number of hydrogen-bond donors (Lipinski definition) is 9. The molecular formula is C71H135NO13. The zero-order valence-electron chi connectivity index (χ0n) is 54.6. The molecule has 0 aromatic heterocycles. The Morgan fingerprint density at radius 3 is 1.12 bits per heavy atom. The number of amides is 1. The van der Waals surface area contributed by atoms with Crippen LogP contribution in [0, 0.1) is 0 Å². The molecule has 2 rings (SSSR count). The molecule has 85 heavy (non-hydrogen) atoms. The van der Waals surface area contributed by atoms with Crippen LogP contribution in [0.15, 0.2) is 24.3 Å². The van der Waals surface area contributed by atoms with E-state index >= 15 is 0 Å². The van der Waals surface area contributed by atoms with Gasteiger partial charge in [0.25, 0.3) is 0 Å². The quantitative estimate of drug-likeness (QED) is 0.0204. The number of unbranched alkanes of at least 4 members (excludes halogenated alkanes) is 45. The largest absolute Gasteiger partial charge is 0.394 e. The van der Waals surface area contributed by atoms with Crippen LogP contribution < -0.4 is 5.32 Å². The molecular weight excluding hydrogens is 1070 g/mol. The maximum Gasteiger partial charge on any atom is 0.220 e. The van der Waals surface area contributed by atoms with Crippen LogP contribution in [-0.2, 0) is 23.7 Å². The van der Waals surface area contributed by atoms with E-state index in [4.69, 9.17) is 18.9 Å². The highest BCUT2D eigenvalue weighted by molar-refractivity contribution is 5.76. The standard InChI is InChI=1S/C71H135NO13/c1-3-5-7-9-11-13-15-17-19-21-23-24-25-26-27-28-29-30-31-32-33-34-35-36-37-38-40-42-44-46-48-50-52-54-60(75)59(72-63(76)55-53-51-49-47-45-43-41-39-22-20-18-16-14-12-10-8-6-4-2)58-82-70-68(81)66(79)69(62(57-74)84-70)85-71-67(80)65(78)64(77)61(56-73)83-71/h20,22,52,54,59-62,64-71,73-75,77-81H,3-19,21,23-51,53,55-58H2,1-2H3,(H,72,76)/b22-20-,54-52+. The zero-order valence-corrected chi connectivity index (χ0v) is 54.6. The first-order valence-corrected chi connectivity index (χ1v) is 36.1. The molecule has 12 unspecified atom stereocenters. The van der Waals surface area contributed by atoms with E-state index < -0.39 is 86.8 Å². The van der Waals surface area contributed by atoms with Crippen molar-refractivity contribution in [2.24, 2.45) is 0 Å². The molecule has 14 heteroatoms. The first-order chi connectivity index (χ1) is 41.6. The van der Waals surface area contributed by atoms with E-state index in [0.29, 0.717) is 6.42 Å². The Hall–Kier alpha value is -1.53. The Bertz CT molecular complexity index is 1520. The summed E-state index contributed by atoms with van der Waals surface area (Å²) in [6, 6.07) is -0.916. The van der Waals surface area contributed by atoms with E-state index in [9.17, 15) is 45.6 Å². The van der Waals surface area contributed by atoms with Crippen LogP contribution in [0.4, 0.5) is 0 Å². The van der Waals surface area contributed by atoms with E-state index in [0.717, 1.165) is 44.9 Å². The van der Waals surface area contributed by atoms with Crippen molar-refractivity contribution in [3.8, 4) is 0 Å². The van der Waals surface area contributed by atoms with Crippen molar-refractivity contribution in [1.82, 2.24) is 5.32 Å². The summed E-state index contributed by atoms with van der Waals surface area (Å²) < 4.78 is 22.9. The molecule has 0 aromatic carbocycles. The highest BCUT2D eigenvalue weighted by atomic mass is 16.7. The van der Waals surface area contributed by atoms with Crippen molar-refractivity contribution in [3.05, 3.63) is 24.3 Å². The molecule has 0 spiro atoms. The summed E-state index contributed by atoms with van der Waals surface area (Å²) in [6.07, 6.45) is 53.9. The number of rotatable bonds is 60. The second-order valence-electron chi connectivity index (χ2n) is 25.7. The van der Waals surface area contributed by atoms with Crippen LogP contribution in [0.25, 0.3) is 0 Å². The minimum absolute atomic E-state index is 0.239. The van der Waals surface area contributed by atoms with E-state index in [1.807, 2.05) is 6.08 Å². The van der Waals surface area contributed by atoms with Crippen LogP contribution in [-0.4, -0.2) is 140 Å². The topological polar surface area (TPSA) is 228 Å². The van der Waals surface area contributed by atoms with Gasteiger partial charge in [-0.1, -0.05) is 301 Å². The molecule has 2 aliphatic rings. The van der Waals surface area contributed by atoms with Gasteiger partial charge in [0, 0.05) is 6.42 Å². The Balaban J connectivity index is 1.64. The Kier molecular flexibility index (Phi) is 52.8. The van der Waals surface area contributed by atoms with Crippen LogP contribution in [0.5, 0.6) is 0 Å². The van der Waals surface area contributed by atoms with Gasteiger partial charge in [-0.3, -0.25) is 4.79 Å². The normalized spacial score (nSPS) is 23.6. The Morgan fingerprint density at radius 1 is 0.412 bits per heavy atom. The summed E-state index contributed by atoms with van der Waals surface area (Å²) in [5.41, 5.74) is 0. The maximum absolute atomic E-state index is 13.3. The number of aliphatic hydroxyl groups is 8. The van der Waals surface area contributed by atoms with Gasteiger partial charge in [-0.25, -0.2) is 0 Å². The second kappa shape index (κ2) is 56.5. The number of hydrogen-bond acceptors (Lipinski definition) is 13. The number of nitrogens with one attached hydrogen (secondary N) is 1. The second-order valence-corrected chi connectivity index (χ2v) is 25.7. The third-order valence-electron chi connectivity index (χ3n) is 17.9. The summed E-state index contributed by atoms with van der Waals surface area (Å²) in [6.45, 7) is 2.84. The number of carbonyl (C=O) groups is 1. The molecule has 2 saturated heterocycles. The van der Waals surface area contributed by atoms with E-state index in [2.05, 4.69) is 31.3 Å². The fraction of sp³-hybridized carbons (Fsp3) is 0.930. The molecule has 0 aliphatic carbocycles. The van der Waals surface area contributed by atoms with Crippen LogP contribution in [0.2, 0.25) is 0 Å². The van der Waals surface area contributed by atoms with Crippen molar-refractivity contribution in [2.75, 3.05) is 19.8 Å². The molecule has 9 N–H and O–H groups in total. The van der Waals surface area contributed by atoms with Gasteiger partial charge in [-0.05, 0) is 44.9 Å². The van der Waals surface area contributed by atoms with Gasteiger partial charge in [-0.15, -0.1) is 0 Å². The molecule has 0 saturated carbocycles. The summed E-state index contributed by atoms with van der Waals surface area (Å²) in [4.78, 5) is 13.3. The lowest BCUT2D eigenvalue weighted by Gasteiger charge is -2.46. The number of allylic oxidation sites excluding steroid dienone is 3. The SMILES string of the molecule is CCCCCCCCC/C=C\CCCCCCCCCC(=O)NC(COC1OC(CO)C(OC2OC(CO)C(O)C(O)C2O)C(O)C1O)C(O)/C=C/CCCCCCCCCCCCCCCCCCCCCCCCCCCCCCCCC. The summed E-state index contributed by atoms with van der Waals surface area (Å²) in [7, 11) is 0. The van der Waals surface area contributed by atoms with Gasteiger partial charge in [0.15, 0.2) is 12.6 Å². The van der Waals surface area contributed by atoms with Crippen molar-refractivity contribution >= 4 is 5.91 Å². The first kappa shape index (κ1) is 79.6. The van der Waals surface area contributed by atoms with Crippen molar-refractivity contribution in [1.29, 1.82) is 0 Å². The minimum atomic E-state index is -1.79. The predicted octanol–water partition coefficient (Wildman–Crippen LogP) is 14.7. The fourth-order valence-corrected chi connectivity index (χ4v) is 12.1. The highest BCUT2D eigenvalue weighted by Crippen LogP contribution is 2.30. The lowest BCUT2D eigenvalue weighted by atomic mass is 9.97. The molecule has 2 fully saturated rings. The molecule has 1 amide bonds. The molecule has 2 heterocycles. The van der Waals surface area contributed by atoms with Gasteiger partial charge in [-0.2, -0.15) is 0 Å². The summed E-state index contributed by atoms with van der Waals surface area (Å²) in [5.74, 6) is -0.239. The van der Waals surface area contributed by atoms with Crippen molar-refractivity contribution in [3.63, 3.8) is 0 Å². The van der Waals surface area contributed by atoms with Gasteiger partial charge in [0.05, 0.1) is 32.0 Å². The minimum Gasteiger partial charge on any atom is -0.394 e. The summed E-state index contributed by atoms with van der Waals surface area (Å²) >= 11 is 0. The van der Waals surface area contributed by atoms with Gasteiger partial charge in [0.2, 0.25) is 5.91 Å². The third-order valence-corrected chi connectivity index (χ3v) is 17.9. The lowest BCUT2D eigenvalue weighted by molar-refractivity contribution is -0.359. The molecule has 502 valence electrons. The Labute approximate surface area is 519 Å². The first-order valence-electron chi connectivity index (χ1n) is 36.1. The average Bonchev–Trinajstić information content (AvgIpc) is 3.69. The van der Waals surface area contributed by atoms with Crippen LogP contribution in [0.1, 0.15) is 328 Å². The summed E-state index contributed by atoms with van der Waals surface area (Å²) in [5, 5.41) is 87.4. The molecule has 2 aliphatic heterocycles. The van der Waals surface area contributed by atoms with Gasteiger partial charge in [0.1, 0.15) is 48.8 Å². The monoisotopic (exact) mass is 1210 g/mol. The molecule has 0 bridgehead atoms. The molecule has 12 atom stereocenters. The average molecular weight is 1210 g/mol. The van der Waals surface area contributed by atoms with Crippen LogP contribution >= 0.6 is 0 Å². The smallest absolute Gasteiger partial charge is 0.220 e. The molecule has 0 aromatic rings. The van der Waals surface area contributed by atoms with E-state index in [1.165, 1.54) is 257 Å². The molecule has 0 radical (unpaired) electrons. The van der Waals surface area contributed by atoms with Crippen LogP contribution in [0.3, 0.4) is 0 Å². The van der Waals surface area contributed by atoms with Crippen molar-refractivity contribution in [2.45, 2.75) is 402 Å². The number of aliphatic hydroxyl groups excluding tert-OH is 8. The third kappa shape index (κ3) is 40.8. The van der Waals surface area contributed by atoms with Crippen molar-refractivity contribution < 1.29 is 64.6 Å². The van der Waals surface area contributed by atoms with Gasteiger partial charge < -0.3 is 65.1 Å². The molecule has 14 nitrogen and oxygen atoms in total. The van der Waals surface area contributed by atoms with Gasteiger partial charge >= 0.3 is 0 Å². The lowest BCUT2D eigenvalue weighted by Crippen LogP contribution is -2.65. The predicted molar refractivity (Wildman–Crippen MR) is 346 cm³/mol. The van der Waals surface area contributed by atoms with E-state index in [1.54, 1.807) is 6.08 Å². The van der Waals surface area contributed by atoms with E-state index in [-0.39, 0.29) is 18.9 Å². The Morgan fingerprint density at radius 2 is 0.741 bits per heavy atom. The fourth-order valence-electron chi connectivity index (χ4n) is 12.1. The number of ether oxygens (including phenoxy) is 4. The number of carbonyl (C=O) groups excluding carboxylic acids is 1. The maximum atomic E-state index is 13.3.